The number of pyridine rings is 2. The van der Waals surface area contributed by atoms with Gasteiger partial charge in [-0.3, -0.25) is 9.97 Å². The molecular weight excluding hydrogens is 409 g/mol. The molecular formula is C24H20FN5S. The van der Waals surface area contributed by atoms with E-state index in [0.29, 0.717) is 17.3 Å². The maximum absolute atomic E-state index is 14.7. The highest BCUT2D eigenvalue weighted by Crippen LogP contribution is 2.40. The Balaban J connectivity index is 1.62. The van der Waals surface area contributed by atoms with Crippen molar-refractivity contribution in [2.45, 2.75) is 18.6 Å². The molecule has 0 bridgehead atoms. The van der Waals surface area contributed by atoms with Gasteiger partial charge in [-0.2, -0.15) is 0 Å². The van der Waals surface area contributed by atoms with Crippen LogP contribution < -0.4 is 5.32 Å². The van der Waals surface area contributed by atoms with Gasteiger partial charge >= 0.3 is 0 Å². The summed E-state index contributed by atoms with van der Waals surface area (Å²) < 4.78 is 16.5. The summed E-state index contributed by atoms with van der Waals surface area (Å²) in [5.74, 6) is -0.279. The van der Waals surface area contributed by atoms with E-state index < -0.39 is 0 Å². The molecule has 154 valence electrons. The highest BCUT2D eigenvalue weighted by Gasteiger charge is 2.41. The Hall–Kier alpha value is -3.58. The van der Waals surface area contributed by atoms with E-state index in [4.69, 9.17) is 12.2 Å². The molecule has 0 amide bonds. The van der Waals surface area contributed by atoms with Crippen molar-refractivity contribution < 1.29 is 4.39 Å². The predicted molar refractivity (Wildman–Crippen MR) is 121 cm³/mol. The maximum atomic E-state index is 14.7. The minimum Gasteiger partial charge on any atom is -0.352 e. The SMILES string of the molecule is Fc1ccccc1-n1cccc1[C@@H]1[C@@H](c2ccccn2)NC(=S)N1Cc1ccccn1. The summed E-state index contributed by atoms with van der Waals surface area (Å²) in [5, 5.41) is 4.05. The van der Waals surface area contributed by atoms with Crippen molar-refractivity contribution in [3.8, 4) is 5.69 Å². The average molecular weight is 430 g/mol. The van der Waals surface area contributed by atoms with Gasteiger partial charge in [-0.05, 0) is 60.7 Å². The first-order chi connectivity index (χ1) is 15.2. The number of hydrogen-bond acceptors (Lipinski definition) is 3. The van der Waals surface area contributed by atoms with Crippen molar-refractivity contribution in [3.05, 3.63) is 114 Å². The van der Waals surface area contributed by atoms with Gasteiger partial charge in [0.1, 0.15) is 5.82 Å². The normalized spacial score (nSPS) is 18.2. The number of thiocarbonyl (C=S) groups is 1. The summed E-state index contributed by atoms with van der Waals surface area (Å²) in [6.45, 7) is 0.531. The lowest BCUT2D eigenvalue weighted by Gasteiger charge is -2.28. The fourth-order valence-corrected chi connectivity index (χ4v) is 4.37. The molecule has 1 aromatic carbocycles. The Morgan fingerprint density at radius 2 is 1.68 bits per heavy atom. The van der Waals surface area contributed by atoms with Crippen LogP contribution in [0.25, 0.3) is 5.69 Å². The van der Waals surface area contributed by atoms with Crippen LogP contribution in [0.1, 0.15) is 29.2 Å². The van der Waals surface area contributed by atoms with E-state index in [1.807, 2.05) is 65.4 Å². The quantitative estimate of drug-likeness (QED) is 0.471. The van der Waals surface area contributed by atoms with Gasteiger partial charge in [0, 0.05) is 24.3 Å². The molecule has 4 aromatic rings. The summed E-state index contributed by atoms with van der Waals surface area (Å²) in [5.41, 5.74) is 3.20. The largest absolute Gasteiger partial charge is 0.352 e. The standard InChI is InChI=1S/C24H20FN5S/c25-18-9-1-2-11-20(18)29-15-7-12-21(29)23-22(19-10-4-6-14-27-19)28-24(31)30(23)16-17-8-3-5-13-26-17/h1-15,22-23H,16H2,(H,28,31)/t22-,23-/m1/s1. The second kappa shape index (κ2) is 8.28. The average Bonchev–Trinajstić information content (AvgIpc) is 3.40. The molecule has 1 N–H and O–H groups in total. The molecule has 31 heavy (non-hydrogen) atoms. The van der Waals surface area contributed by atoms with Gasteiger partial charge in [-0.25, -0.2) is 4.39 Å². The van der Waals surface area contributed by atoms with Crippen LogP contribution in [0, 0.1) is 5.82 Å². The number of rotatable bonds is 5. The number of para-hydroxylation sites is 1. The molecule has 4 heterocycles. The predicted octanol–water partition coefficient (Wildman–Crippen LogP) is 4.58. The minimum absolute atomic E-state index is 0.183. The molecule has 0 aliphatic carbocycles. The van der Waals surface area contributed by atoms with E-state index >= 15 is 0 Å². The van der Waals surface area contributed by atoms with Crippen molar-refractivity contribution in [2.24, 2.45) is 0 Å². The van der Waals surface area contributed by atoms with Crippen molar-refractivity contribution in [1.82, 2.24) is 24.8 Å². The van der Waals surface area contributed by atoms with E-state index in [0.717, 1.165) is 17.1 Å². The Kier molecular flexibility index (Phi) is 5.18. The van der Waals surface area contributed by atoms with Crippen molar-refractivity contribution >= 4 is 17.3 Å². The molecule has 3 aromatic heterocycles. The summed E-state index contributed by atoms with van der Waals surface area (Å²) in [6, 6.07) is 22.0. The van der Waals surface area contributed by atoms with Crippen molar-refractivity contribution in [2.75, 3.05) is 0 Å². The third kappa shape index (κ3) is 3.68. The van der Waals surface area contributed by atoms with E-state index in [-0.39, 0.29) is 17.9 Å². The van der Waals surface area contributed by atoms with Crippen LogP contribution in [0.5, 0.6) is 0 Å². The second-order valence-electron chi connectivity index (χ2n) is 7.33. The lowest BCUT2D eigenvalue weighted by Crippen LogP contribution is -2.30. The molecule has 5 nitrogen and oxygen atoms in total. The van der Waals surface area contributed by atoms with Gasteiger partial charge in [0.2, 0.25) is 0 Å². The summed E-state index contributed by atoms with van der Waals surface area (Å²) in [7, 11) is 0. The fraction of sp³-hybridized carbons (Fsp3) is 0.125. The Morgan fingerprint density at radius 3 is 2.42 bits per heavy atom. The Morgan fingerprint density at radius 1 is 0.903 bits per heavy atom. The van der Waals surface area contributed by atoms with Gasteiger partial charge in [-0.1, -0.05) is 24.3 Å². The highest BCUT2D eigenvalue weighted by atomic mass is 32.1. The smallest absolute Gasteiger partial charge is 0.170 e. The third-order valence-electron chi connectivity index (χ3n) is 5.45. The van der Waals surface area contributed by atoms with Crippen LogP contribution in [0.2, 0.25) is 0 Å². The van der Waals surface area contributed by atoms with Crippen LogP contribution in [0.3, 0.4) is 0 Å². The molecule has 1 aliphatic heterocycles. The number of aromatic nitrogens is 3. The number of halogens is 1. The Bertz CT molecular complexity index is 1190. The second-order valence-corrected chi connectivity index (χ2v) is 7.72. The molecule has 1 aliphatic rings. The minimum atomic E-state index is -0.279. The molecule has 1 saturated heterocycles. The monoisotopic (exact) mass is 429 g/mol. The lowest BCUT2D eigenvalue weighted by atomic mass is 10.0. The van der Waals surface area contributed by atoms with Gasteiger partial charge < -0.3 is 14.8 Å². The number of nitrogens with zero attached hydrogens (tertiary/aromatic N) is 4. The zero-order valence-corrected chi connectivity index (χ0v) is 17.4. The zero-order chi connectivity index (χ0) is 21.2. The summed E-state index contributed by atoms with van der Waals surface area (Å²) in [4.78, 5) is 11.1. The topological polar surface area (TPSA) is 46.0 Å². The molecule has 0 spiro atoms. The van der Waals surface area contributed by atoms with Crippen LogP contribution in [-0.4, -0.2) is 24.5 Å². The number of benzene rings is 1. The van der Waals surface area contributed by atoms with Crippen molar-refractivity contribution in [3.63, 3.8) is 0 Å². The zero-order valence-electron chi connectivity index (χ0n) is 16.6. The Labute approximate surface area is 185 Å². The van der Waals surface area contributed by atoms with Gasteiger partial charge in [0.25, 0.3) is 0 Å². The summed E-state index contributed by atoms with van der Waals surface area (Å²) in [6.07, 6.45) is 5.42. The van der Waals surface area contributed by atoms with Gasteiger partial charge in [0.05, 0.1) is 35.7 Å². The molecule has 0 radical (unpaired) electrons. The van der Waals surface area contributed by atoms with Crippen LogP contribution in [-0.2, 0) is 6.54 Å². The van der Waals surface area contributed by atoms with Gasteiger partial charge in [-0.15, -0.1) is 0 Å². The highest BCUT2D eigenvalue weighted by molar-refractivity contribution is 7.80. The number of nitrogens with one attached hydrogen (secondary N) is 1. The summed E-state index contributed by atoms with van der Waals surface area (Å²) >= 11 is 5.73. The first-order valence-electron chi connectivity index (χ1n) is 10.0. The van der Waals surface area contributed by atoms with E-state index in [1.54, 1.807) is 24.5 Å². The third-order valence-corrected chi connectivity index (χ3v) is 5.80. The van der Waals surface area contributed by atoms with Crippen LogP contribution in [0.15, 0.2) is 91.4 Å². The lowest BCUT2D eigenvalue weighted by molar-refractivity contribution is 0.299. The molecule has 0 unspecified atom stereocenters. The van der Waals surface area contributed by atoms with E-state index in [2.05, 4.69) is 20.2 Å². The van der Waals surface area contributed by atoms with E-state index in [1.165, 1.54) is 6.07 Å². The first kappa shape index (κ1) is 19.4. The molecule has 7 heteroatoms. The number of hydrogen-bond donors (Lipinski definition) is 1. The van der Waals surface area contributed by atoms with Crippen LogP contribution >= 0.6 is 12.2 Å². The molecule has 0 saturated carbocycles. The van der Waals surface area contributed by atoms with Gasteiger partial charge in [0.15, 0.2) is 5.11 Å². The molecule has 2 atom stereocenters. The maximum Gasteiger partial charge on any atom is 0.170 e. The van der Waals surface area contributed by atoms with E-state index in [9.17, 15) is 4.39 Å². The molecule has 5 rings (SSSR count). The molecule has 1 fully saturated rings. The first-order valence-corrected chi connectivity index (χ1v) is 10.4. The van der Waals surface area contributed by atoms with Crippen molar-refractivity contribution in [1.29, 1.82) is 0 Å². The fourth-order valence-electron chi connectivity index (χ4n) is 4.07. The van der Waals surface area contributed by atoms with Crippen LogP contribution in [0.4, 0.5) is 4.39 Å².